The highest BCUT2D eigenvalue weighted by Crippen LogP contribution is 2.26. The fourth-order valence-electron chi connectivity index (χ4n) is 6.02. The van der Waals surface area contributed by atoms with Gasteiger partial charge in [-0.15, -0.1) is 0 Å². The molecule has 1 aliphatic carbocycles. The van der Waals surface area contributed by atoms with E-state index in [1.54, 1.807) is 4.90 Å². The number of rotatable bonds is 22. The Balaban J connectivity index is 1.62. The van der Waals surface area contributed by atoms with Crippen LogP contribution < -0.4 is 11.1 Å². The third-order valence-electron chi connectivity index (χ3n) is 8.33. The number of hydrogen-bond acceptors (Lipinski definition) is 4. The zero-order chi connectivity index (χ0) is 27.4. The van der Waals surface area contributed by atoms with Gasteiger partial charge in [-0.05, 0) is 38.6 Å². The zero-order valence-corrected chi connectivity index (χ0v) is 24.5. The van der Waals surface area contributed by atoms with E-state index < -0.39 is 0 Å². The lowest BCUT2D eigenvalue weighted by atomic mass is 9.94. The van der Waals surface area contributed by atoms with Crippen LogP contribution >= 0.6 is 0 Å². The van der Waals surface area contributed by atoms with Gasteiger partial charge in [0.25, 0.3) is 5.91 Å². The third-order valence-corrected chi connectivity index (χ3v) is 8.33. The average molecular weight is 535 g/mol. The molecule has 1 atom stereocenters. The Kier molecular flexibility index (Phi) is 17.4. The summed E-state index contributed by atoms with van der Waals surface area (Å²) < 4.78 is 0. The number of nitrogens with zero attached hydrogens (tertiary/aromatic N) is 2. The van der Waals surface area contributed by atoms with E-state index in [-0.39, 0.29) is 36.5 Å². The monoisotopic (exact) mass is 534 g/mol. The van der Waals surface area contributed by atoms with Gasteiger partial charge in [-0.25, -0.2) is 4.79 Å². The molecule has 0 spiro atoms. The van der Waals surface area contributed by atoms with Gasteiger partial charge in [-0.1, -0.05) is 110 Å². The second kappa shape index (κ2) is 20.3. The lowest BCUT2D eigenvalue weighted by Gasteiger charge is -2.30. The standard InChI is InChI=1S/C31H58N4O3/c1-2-3-4-5-6-7-8-9-10-11-12-13-17-23-29(36)33-27(20-18-19-24-32)25-34-26-30(37)35(31(34)38)28-21-15-14-16-22-28/h27-28H,2-26,32H2,1H3,(H,33,36). The maximum atomic E-state index is 13.1. The van der Waals surface area contributed by atoms with Crippen LogP contribution in [0.25, 0.3) is 0 Å². The molecule has 7 nitrogen and oxygen atoms in total. The fourth-order valence-corrected chi connectivity index (χ4v) is 6.02. The molecule has 0 radical (unpaired) electrons. The molecule has 3 N–H and O–H groups in total. The smallest absolute Gasteiger partial charge is 0.327 e. The number of nitrogens with one attached hydrogen (secondary N) is 1. The van der Waals surface area contributed by atoms with Crippen LogP contribution in [0, 0.1) is 0 Å². The SMILES string of the molecule is CCCCCCCCCCCCCCCC(=O)NC(CCCCN)CN1CC(=O)N(C2CCCCC2)C1=O. The Bertz CT molecular complexity index is 666. The Labute approximate surface area is 233 Å². The van der Waals surface area contributed by atoms with Crippen molar-refractivity contribution in [1.29, 1.82) is 0 Å². The maximum Gasteiger partial charge on any atom is 0.327 e. The Hall–Kier alpha value is -1.63. The average Bonchev–Trinajstić information content (AvgIpc) is 3.19. The van der Waals surface area contributed by atoms with Crippen LogP contribution in [0.3, 0.4) is 0 Å². The van der Waals surface area contributed by atoms with Crippen molar-refractivity contribution >= 4 is 17.8 Å². The number of carbonyl (C=O) groups excluding carboxylic acids is 3. The molecule has 0 aromatic carbocycles. The van der Waals surface area contributed by atoms with Crippen molar-refractivity contribution in [3.05, 3.63) is 0 Å². The molecular weight excluding hydrogens is 476 g/mol. The van der Waals surface area contributed by atoms with E-state index in [4.69, 9.17) is 5.73 Å². The molecule has 4 amide bonds. The predicted molar refractivity (Wildman–Crippen MR) is 156 cm³/mol. The van der Waals surface area contributed by atoms with Crippen LogP contribution in [-0.4, -0.2) is 59.4 Å². The minimum atomic E-state index is -0.170. The largest absolute Gasteiger partial charge is 0.352 e. The summed E-state index contributed by atoms with van der Waals surface area (Å²) in [6.07, 6.45) is 25.1. The number of hydrogen-bond donors (Lipinski definition) is 2. The first kappa shape index (κ1) is 32.6. The highest BCUT2D eigenvalue weighted by atomic mass is 16.2. The first-order chi connectivity index (χ1) is 18.6. The molecule has 2 aliphatic rings. The van der Waals surface area contributed by atoms with Crippen molar-refractivity contribution in [3.63, 3.8) is 0 Å². The van der Waals surface area contributed by atoms with E-state index in [1.165, 1.54) is 81.9 Å². The summed E-state index contributed by atoms with van der Waals surface area (Å²) in [5.41, 5.74) is 5.68. The number of unbranched alkanes of at least 4 members (excludes halogenated alkanes) is 13. The van der Waals surface area contributed by atoms with Crippen molar-refractivity contribution in [2.24, 2.45) is 5.73 Å². The maximum absolute atomic E-state index is 13.1. The molecule has 0 aromatic rings. The normalized spacial score (nSPS) is 17.4. The van der Waals surface area contributed by atoms with E-state index in [0.717, 1.165) is 57.8 Å². The molecule has 1 unspecified atom stereocenters. The van der Waals surface area contributed by atoms with Gasteiger partial charge in [0, 0.05) is 25.0 Å². The first-order valence-electron chi connectivity index (χ1n) is 16.2. The molecule has 7 heteroatoms. The topological polar surface area (TPSA) is 95.7 Å². The number of urea groups is 1. The molecule has 1 saturated carbocycles. The zero-order valence-electron chi connectivity index (χ0n) is 24.5. The molecule has 220 valence electrons. The van der Waals surface area contributed by atoms with Gasteiger partial charge in [0.2, 0.25) is 5.91 Å². The van der Waals surface area contributed by atoms with E-state index >= 15 is 0 Å². The minimum Gasteiger partial charge on any atom is -0.352 e. The minimum absolute atomic E-state index is 0.0505. The van der Waals surface area contributed by atoms with E-state index in [0.29, 0.717) is 19.5 Å². The van der Waals surface area contributed by atoms with E-state index in [1.807, 2.05) is 0 Å². The molecule has 1 aliphatic heterocycles. The predicted octanol–water partition coefficient (Wildman–Crippen LogP) is 6.68. The van der Waals surface area contributed by atoms with Crippen LogP contribution in [0.4, 0.5) is 4.79 Å². The lowest BCUT2D eigenvalue weighted by molar-refractivity contribution is -0.127. The summed E-state index contributed by atoms with van der Waals surface area (Å²) in [6.45, 7) is 3.43. The molecule has 2 rings (SSSR count). The van der Waals surface area contributed by atoms with Gasteiger partial charge < -0.3 is 16.0 Å². The number of amides is 4. The van der Waals surface area contributed by atoms with E-state index in [2.05, 4.69) is 12.2 Å². The lowest BCUT2D eigenvalue weighted by Crippen LogP contribution is -2.46. The molecule has 1 heterocycles. The van der Waals surface area contributed by atoms with Gasteiger partial charge in [0.15, 0.2) is 0 Å². The van der Waals surface area contributed by atoms with Crippen molar-refractivity contribution in [2.75, 3.05) is 19.6 Å². The van der Waals surface area contributed by atoms with Gasteiger partial charge >= 0.3 is 6.03 Å². The van der Waals surface area contributed by atoms with E-state index in [9.17, 15) is 14.4 Å². The Morgan fingerprint density at radius 3 is 2.00 bits per heavy atom. The summed E-state index contributed by atoms with van der Waals surface area (Å²) >= 11 is 0. The van der Waals surface area contributed by atoms with Gasteiger partial charge in [0.1, 0.15) is 6.54 Å². The molecule has 1 saturated heterocycles. The fraction of sp³-hybridized carbons (Fsp3) is 0.903. The second-order valence-corrected chi connectivity index (χ2v) is 11.8. The first-order valence-corrected chi connectivity index (χ1v) is 16.2. The van der Waals surface area contributed by atoms with Crippen LogP contribution in [0.1, 0.15) is 148 Å². The molecule has 0 aromatic heterocycles. The highest BCUT2D eigenvalue weighted by molar-refractivity contribution is 6.02. The quantitative estimate of drug-likeness (QED) is 0.120. The summed E-state index contributed by atoms with van der Waals surface area (Å²) in [6, 6.07) is -0.245. The van der Waals surface area contributed by atoms with Crippen molar-refractivity contribution in [1.82, 2.24) is 15.1 Å². The van der Waals surface area contributed by atoms with Gasteiger partial charge in [-0.3, -0.25) is 14.5 Å². The van der Waals surface area contributed by atoms with Gasteiger partial charge in [-0.2, -0.15) is 0 Å². The molecular formula is C31H58N4O3. The summed E-state index contributed by atoms with van der Waals surface area (Å²) in [4.78, 5) is 41.6. The number of carbonyl (C=O) groups is 3. The molecule has 38 heavy (non-hydrogen) atoms. The van der Waals surface area contributed by atoms with Crippen molar-refractivity contribution < 1.29 is 14.4 Å². The number of imide groups is 1. The third kappa shape index (κ3) is 12.9. The van der Waals surface area contributed by atoms with Crippen LogP contribution in [0.5, 0.6) is 0 Å². The molecule has 2 fully saturated rings. The van der Waals surface area contributed by atoms with Crippen LogP contribution in [0.2, 0.25) is 0 Å². The Morgan fingerprint density at radius 1 is 0.842 bits per heavy atom. The second-order valence-electron chi connectivity index (χ2n) is 11.8. The Morgan fingerprint density at radius 2 is 1.42 bits per heavy atom. The molecule has 0 bridgehead atoms. The van der Waals surface area contributed by atoms with Gasteiger partial charge in [0.05, 0.1) is 0 Å². The summed E-state index contributed by atoms with van der Waals surface area (Å²) in [7, 11) is 0. The summed E-state index contributed by atoms with van der Waals surface area (Å²) in [5, 5.41) is 3.17. The van der Waals surface area contributed by atoms with Crippen molar-refractivity contribution in [3.8, 4) is 0 Å². The summed E-state index contributed by atoms with van der Waals surface area (Å²) in [5.74, 6) is -0.0196. The highest BCUT2D eigenvalue weighted by Gasteiger charge is 2.41. The number of nitrogens with two attached hydrogens (primary N) is 1. The van der Waals surface area contributed by atoms with Crippen LogP contribution in [0.15, 0.2) is 0 Å². The van der Waals surface area contributed by atoms with Crippen molar-refractivity contribution in [2.45, 2.75) is 160 Å². The van der Waals surface area contributed by atoms with Crippen LogP contribution in [-0.2, 0) is 9.59 Å².